The molecule has 0 radical (unpaired) electrons. The first kappa shape index (κ1) is 20.6. The molecule has 0 unspecified atom stereocenters. The minimum absolute atomic E-state index is 0.0989. The monoisotopic (exact) mass is 389 g/mol. The SMILES string of the molecule is CC(=O)C[C@@H](/C=C/c1ccccc1)c1cn(C(=O)OC(C)(C)C)c2ccccc12. The molecule has 0 aliphatic carbocycles. The van der Waals surface area contributed by atoms with Crippen LogP contribution in [0.4, 0.5) is 4.79 Å². The first-order chi connectivity index (χ1) is 13.7. The van der Waals surface area contributed by atoms with Gasteiger partial charge in [0.25, 0.3) is 0 Å². The van der Waals surface area contributed by atoms with E-state index in [-0.39, 0.29) is 11.7 Å². The van der Waals surface area contributed by atoms with Gasteiger partial charge in [0.1, 0.15) is 11.4 Å². The lowest BCUT2D eigenvalue weighted by Crippen LogP contribution is -2.26. The van der Waals surface area contributed by atoms with Crippen molar-refractivity contribution in [1.29, 1.82) is 0 Å². The lowest BCUT2D eigenvalue weighted by atomic mass is 9.92. The minimum Gasteiger partial charge on any atom is -0.443 e. The maximum absolute atomic E-state index is 12.8. The van der Waals surface area contributed by atoms with Crippen molar-refractivity contribution in [1.82, 2.24) is 4.57 Å². The molecular formula is C25H27NO3. The van der Waals surface area contributed by atoms with Gasteiger partial charge in [-0.2, -0.15) is 0 Å². The van der Waals surface area contributed by atoms with Crippen LogP contribution in [-0.4, -0.2) is 22.0 Å². The molecule has 1 aromatic heterocycles. The largest absolute Gasteiger partial charge is 0.443 e. The number of carbonyl (C=O) groups excluding carboxylic acids is 2. The highest BCUT2D eigenvalue weighted by Crippen LogP contribution is 2.32. The van der Waals surface area contributed by atoms with E-state index in [2.05, 4.69) is 0 Å². The lowest BCUT2D eigenvalue weighted by Gasteiger charge is -2.19. The highest BCUT2D eigenvalue weighted by Gasteiger charge is 2.23. The number of Topliss-reactive ketones (excluding diaryl/α,β-unsaturated/α-hetero) is 1. The van der Waals surface area contributed by atoms with E-state index in [1.807, 2.05) is 93.7 Å². The molecule has 3 rings (SSSR count). The molecule has 29 heavy (non-hydrogen) atoms. The fraction of sp³-hybridized carbons (Fsp3) is 0.280. The molecule has 0 bridgehead atoms. The van der Waals surface area contributed by atoms with Gasteiger partial charge in [-0.05, 0) is 44.9 Å². The zero-order valence-electron chi connectivity index (χ0n) is 17.4. The Morgan fingerprint density at radius 3 is 2.34 bits per heavy atom. The van der Waals surface area contributed by atoms with Crippen LogP contribution < -0.4 is 0 Å². The molecule has 0 spiro atoms. The number of aromatic nitrogens is 1. The van der Waals surface area contributed by atoms with Gasteiger partial charge in [-0.3, -0.25) is 9.36 Å². The van der Waals surface area contributed by atoms with Crippen molar-refractivity contribution >= 4 is 28.9 Å². The second-order valence-electron chi connectivity index (χ2n) is 8.23. The lowest BCUT2D eigenvalue weighted by molar-refractivity contribution is -0.117. The number of rotatable bonds is 5. The summed E-state index contributed by atoms with van der Waals surface area (Å²) >= 11 is 0. The van der Waals surface area contributed by atoms with Crippen molar-refractivity contribution in [2.75, 3.05) is 0 Å². The number of carbonyl (C=O) groups is 2. The van der Waals surface area contributed by atoms with E-state index in [9.17, 15) is 9.59 Å². The summed E-state index contributed by atoms with van der Waals surface area (Å²) in [6.07, 6.45) is 5.81. The van der Waals surface area contributed by atoms with E-state index in [1.165, 1.54) is 0 Å². The Bertz CT molecular complexity index is 1040. The van der Waals surface area contributed by atoms with Gasteiger partial charge in [0, 0.05) is 23.9 Å². The topological polar surface area (TPSA) is 48.3 Å². The number of ketones is 1. The molecule has 150 valence electrons. The highest BCUT2D eigenvalue weighted by molar-refractivity contribution is 5.93. The Labute approximate surface area is 171 Å². The fourth-order valence-corrected chi connectivity index (χ4v) is 3.35. The Kier molecular flexibility index (Phi) is 6.02. The minimum atomic E-state index is -0.589. The average molecular weight is 389 g/mol. The molecule has 0 N–H and O–H groups in total. The van der Waals surface area contributed by atoms with Gasteiger partial charge >= 0.3 is 6.09 Å². The van der Waals surface area contributed by atoms with Crippen LogP contribution >= 0.6 is 0 Å². The molecule has 4 heteroatoms. The smallest absolute Gasteiger partial charge is 0.419 e. The van der Waals surface area contributed by atoms with Crippen LogP contribution in [0.15, 0.2) is 66.9 Å². The van der Waals surface area contributed by atoms with Gasteiger partial charge in [0.2, 0.25) is 0 Å². The van der Waals surface area contributed by atoms with E-state index in [4.69, 9.17) is 4.74 Å². The Morgan fingerprint density at radius 2 is 1.69 bits per heavy atom. The third-order valence-electron chi connectivity index (χ3n) is 4.56. The predicted molar refractivity (Wildman–Crippen MR) is 117 cm³/mol. The summed E-state index contributed by atoms with van der Waals surface area (Å²) in [6.45, 7) is 7.13. The molecule has 0 saturated carbocycles. The molecule has 2 aromatic carbocycles. The van der Waals surface area contributed by atoms with Crippen molar-refractivity contribution < 1.29 is 14.3 Å². The van der Waals surface area contributed by atoms with Crippen molar-refractivity contribution in [2.24, 2.45) is 0 Å². The molecule has 0 saturated heterocycles. The maximum atomic E-state index is 12.8. The number of ether oxygens (including phenoxy) is 1. The van der Waals surface area contributed by atoms with E-state index in [0.29, 0.717) is 6.42 Å². The number of para-hydroxylation sites is 1. The molecular weight excluding hydrogens is 362 g/mol. The van der Waals surface area contributed by atoms with Gasteiger partial charge < -0.3 is 4.74 Å². The van der Waals surface area contributed by atoms with Crippen LogP contribution in [0.25, 0.3) is 17.0 Å². The molecule has 3 aromatic rings. The van der Waals surface area contributed by atoms with Gasteiger partial charge in [0.15, 0.2) is 0 Å². The van der Waals surface area contributed by atoms with E-state index in [0.717, 1.165) is 22.0 Å². The highest BCUT2D eigenvalue weighted by atomic mass is 16.6. The maximum Gasteiger partial charge on any atom is 0.419 e. The van der Waals surface area contributed by atoms with Crippen molar-refractivity contribution in [3.05, 3.63) is 78.0 Å². The third-order valence-corrected chi connectivity index (χ3v) is 4.56. The van der Waals surface area contributed by atoms with E-state index < -0.39 is 11.7 Å². The number of nitrogens with zero attached hydrogens (tertiary/aromatic N) is 1. The van der Waals surface area contributed by atoms with Crippen LogP contribution in [0.5, 0.6) is 0 Å². The second-order valence-corrected chi connectivity index (χ2v) is 8.23. The third kappa shape index (κ3) is 5.23. The number of allylic oxidation sites excluding steroid dienone is 1. The molecule has 4 nitrogen and oxygen atoms in total. The zero-order valence-corrected chi connectivity index (χ0v) is 17.4. The molecule has 1 atom stereocenters. The molecule has 0 fully saturated rings. The average Bonchev–Trinajstić information content (AvgIpc) is 3.04. The molecule has 0 aliphatic heterocycles. The summed E-state index contributed by atoms with van der Waals surface area (Å²) in [6, 6.07) is 17.7. The summed E-state index contributed by atoms with van der Waals surface area (Å²) in [5, 5.41) is 0.947. The van der Waals surface area contributed by atoms with Crippen LogP contribution in [0, 0.1) is 0 Å². The summed E-state index contributed by atoms with van der Waals surface area (Å²) in [5.41, 5.74) is 2.19. The second kappa shape index (κ2) is 8.48. The molecule has 0 aliphatic rings. The predicted octanol–water partition coefficient (Wildman–Crippen LogP) is 6.20. The Morgan fingerprint density at radius 1 is 1.03 bits per heavy atom. The Hall–Kier alpha value is -3.14. The molecule has 1 heterocycles. The van der Waals surface area contributed by atoms with Crippen molar-refractivity contribution in [2.45, 2.75) is 45.6 Å². The summed E-state index contributed by atoms with van der Waals surface area (Å²) in [7, 11) is 0. The van der Waals surface area contributed by atoms with E-state index >= 15 is 0 Å². The number of hydrogen-bond donors (Lipinski definition) is 0. The number of fused-ring (bicyclic) bond motifs is 1. The summed E-state index contributed by atoms with van der Waals surface area (Å²) in [4.78, 5) is 24.7. The van der Waals surface area contributed by atoms with E-state index in [1.54, 1.807) is 11.5 Å². The quantitative estimate of drug-likeness (QED) is 0.522. The van der Waals surface area contributed by atoms with Crippen LogP contribution in [0.1, 0.15) is 51.2 Å². The number of hydrogen-bond acceptors (Lipinski definition) is 3. The van der Waals surface area contributed by atoms with Crippen LogP contribution in [-0.2, 0) is 9.53 Å². The van der Waals surface area contributed by atoms with Gasteiger partial charge in [-0.1, -0.05) is 60.7 Å². The fourth-order valence-electron chi connectivity index (χ4n) is 3.35. The Balaban J connectivity index is 2.06. The van der Waals surface area contributed by atoms with Crippen LogP contribution in [0.3, 0.4) is 0 Å². The first-order valence-corrected chi connectivity index (χ1v) is 9.80. The molecule has 0 amide bonds. The van der Waals surface area contributed by atoms with Crippen LogP contribution in [0.2, 0.25) is 0 Å². The normalized spacial score (nSPS) is 13.0. The van der Waals surface area contributed by atoms with Gasteiger partial charge in [-0.25, -0.2) is 4.79 Å². The van der Waals surface area contributed by atoms with Crippen molar-refractivity contribution in [3.63, 3.8) is 0 Å². The zero-order chi connectivity index (χ0) is 21.0. The number of benzene rings is 2. The van der Waals surface area contributed by atoms with Gasteiger partial charge in [0.05, 0.1) is 5.52 Å². The summed E-state index contributed by atoms with van der Waals surface area (Å²) in [5.74, 6) is -0.0388. The van der Waals surface area contributed by atoms with Crippen molar-refractivity contribution in [3.8, 4) is 0 Å². The van der Waals surface area contributed by atoms with Gasteiger partial charge in [-0.15, -0.1) is 0 Å². The first-order valence-electron chi connectivity index (χ1n) is 9.80. The standard InChI is InChI=1S/C25H27NO3/c1-18(27)16-20(15-14-19-10-6-5-7-11-19)22-17-26(24(28)29-25(2,3)4)23-13-9-8-12-21(22)23/h5-15,17,20H,16H2,1-4H3/b15-14+/t20-/m1/s1. The summed E-state index contributed by atoms with van der Waals surface area (Å²) < 4.78 is 7.12.